The highest BCUT2D eigenvalue weighted by Crippen LogP contribution is 2.40. The molecule has 0 amide bonds. The topological polar surface area (TPSA) is 29.5 Å². The van der Waals surface area contributed by atoms with Crippen LogP contribution in [-0.2, 0) is 0 Å². The Bertz CT molecular complexity index is 496. The van der Waals surface area contributed by atoms with Gasteiger partial charge in [0.25, 0.3) is 0 Å². The van der Waals surface area contributed by atoms with Crippen molar-refractivity contribution in [3.63, 3.8) is 0 Å². The van der Waals surface area contributed by atoms with Gasteiger partial charge in [0.15, 0.2) is 11.6 Å². The van der Waals surface area contributed by atoms with Crippen LogP contribution >= 0.6 is 0 Å². The molecule has 1 fully saturated rings. The highest BCUT2D eigenvalue weighted by Gasteiger charge is 2.30. The van der Waals surface area contributed by atoms with Crippen molar-refractivity contribution in [1.29, 1.82) is 0 Å². The Morgan fingerprint density at radius 1 is 1.09 bits per heavy atom. The van der Waals surface area contributed by atoms with Crippen molar-refractivity contribution < 1.29 is 18.6 Å². The normalized spacial score (nSPS) is 22.8. The van der Waals surface area contributed by atoms with Gasteiger partial charge in [-0.2, -0.15) is 4.39 Å². The Morgan fingerprint density at radius 3 is 2.39 bits per heavy atom. The summed E-state index contributed by atoms with van der Waals surface area (Å²) in [4.78, 5) is 0. The molecule has 0 bridgehead atoms. The highest BCUT2D eigenvalue weighted by atomic mass is 19.2. The Balaban J connectivity index is 2.05. The largest absolute Gasteiger partial charge is 0.490 e. The molecule has 0 heterocycles. The third kappa shape index (κ3) is 4.43. The standard InChI is InChI=1S/C19H28F2O2/c1-3-5-13-6-8-14(9-7-13)19(22)15-10-11-16(23-12-4-2)18(21)17(15)20/h10-11,13-14,19,22H,3-9,12H2,1-2H3. The van der Waals surface area contributed by atoms with Gasteiger partial charge in [-0.05, 0) is 43.2 Å². The summed E-state index contributed by atoms with van der Waals surface area (Å²) in [5.74, 6) is -1.31. The summed E-state index contributed by atoms with van der Waals surface area (Å²) in [6.07, 6.45) is 6.07. The Kier molecular flexibility index (Phi) is 6.82. The lowest BCUT2D eigenvalue weighted by Gasteiger charge is -2.31. The van der Waals surface area contributed by atoms with E-state index >= 15 is 0 Å². The summed E-state index contributed by atoms with van der Waals surface area (Å²) in [5, 5.41) is 10.5. The molecular weight excluding hydrogens is 298 g/mol. The number of hydrogen-bond acceptors (Lipinski definition) is 2. The van der Waals surface area contributed by atoms with Gasteiger partial charge in [-0.25, -0.2) is 4.39 Å². The fourth-order valence-corrected chi connectivity index (χ4v) is 3.55. The average Bonchev–Trinajstić information content (AvgIpc) is 2.57. The van der Waals surface area contributed by atoms with E-state index in [2.05, 4.69) is 6.92 Å². The van der Waals surface area contributed by atoms with E-state index in [1.165, 1.54) is 25.0 Å². The first-order valence-corrected chi connectivity index (χ1v) is 8.87. The van der Waals surface area contributed by atoms with E-state index in [4.69, 9.17) is 4.74 Å². The molecule has 23 heavy (non-hydrogen) atoms. The summed E-state index contributed by atoms with van der Waals surface area (Å²) in [6.45, 7) is 4.43. The van der Waals surface area contributed by atoms with Gasteiger partial charge in [-0.3, -0.25) is 0 Å². The van der Waals surface area contributed by atoms with Crippen LogP contribution in [0.4, 0.5) is 8.78 Å². The Labute approximate surface area is 137 Å². The molecule has 0 aromatic heterocycles. The summed E-state index contributed by atoms with van der Waals surface area (Å²) < 4.78 is 33.5. The van der Waals surface area contributed by atoms with Gasteiger partial charge in [0.05, 0.1) is 12.7 Å². The number of benzene rings is 1. The van der Waals surface area contributed by atoms with Crippen molar-refractivity contribution >= 4 is 0 Å². The van der Waals surface area contributed by atoms with E-state index in [1.807, 2.05) is 6.92 Å². The molecule has 1 saturated carbocycles. The third-order valence-corrected chi connectivity index (χ3v) is 4.89. The summed E-state index contributed by atoms with van der Waals surface area (Å²) in [6, 6.07) is 2.89. The number of ether oxygens (including phenoxy) is 1. The second-order valence-corrected chi connectivity index (χ2v) is 6.64. The third-order valence-electron chi connectivity index (χ3n) is 4.89. The molecule has 1 aliphatic rings. The SMILES string of the molecule is CCCOc1ccc(C(O)C2CCC(CCC)CC2)c(F)c1F. The van der Waals surface area contributed by atoms with Gasteiger partial charge in [0.1, 0.15) is 0 Å². The number of aliphatic hydroxyl groups excluding tert-OH is 1. The molecule has 0 saturated heterocycles. The molecule has 1 atom stereocenters. The molecule has 2 nitrogen and oxygen atoms in total. The van der Waals surface area contributed by atoms with Crippen LogP contribution in [0.25, 0.3) is 0 Å². The van der Waals surface area contributed by atoms with E-state index < -0.39 is 17.7 Å². The Hall–Kier alpha value is -1.16. The lowest BCUT2D eigenvalue weighted by Crippen LogP contribution is -2.21. The molecule has 1 aliphatic carbocycles. The highest BCUT2D eigenvalue weighted by molar-refractivity contribution is 5.32. The zero-order chi connectivity index (χ0) is 16.8. The van der Waals surface area contributed by atoms with Crippen molar-refractivity contribution in [2.45, 2.75) is 64.9 Å². The van der Waals surface area contributed by atoms with Crippen LogP contribution in [0.2, 0.25) is 0 Å². The summed E-state index contributed by atoms with van der Waals surface area (Å²) >= 11 is 0. The zero-order valence-electron chi connectivity index (χ0n) is 14.2. The fourth-order valence-electron chi connectivity index (χ4n) is 3.55. The van der Waals surface area contributed by atoms with E-state index in [0.717, 1.165) is 38.0 Å². The lowest BCUT2D eigenvalue weighted by atomic mass is 9.76. The van der Waals surface area contributed by atoms with Gasteiger partial charge in [-0.15, -0.1) is 0 Å². The van der Waals surface area contributed by atoms with E-state index in [0.29, 0.717) is 6.61 Å². The minimum Gasteiger partial charge on any atom is -0.490 e. The van der Waals surface area contributed by atoms with Gasteiger partial charge in [0.2, 0.25) is 5.82 Å². The van der Waals surface area contributed by atoms with Crippen molar-refractivity contribution in [2.24, 2.45) is 11.8 Å². The maximum absolute atomic E-state index is 14.3. The predicted molar refractivity (Wildman–Crippen MR) is 87.5 cm³/mol. The number of halogens is 2. The molecule has 1 aromatic rings. The van der Waals surface area contributed by atoms with E-state index in [-0.39, 0.29) is 17.2 Å². The molecule has 1 aromatic carbocycles. The van der Waals surface area contributed by atoms with E-state index in [1.54, 1.807) is 0 Å². The molecular formula is C19H28F2O2. The second-order valence-electron chi connectivity index (χ2n) is 6.64. The van der Waals surface area contributed by atoms with Gasteiger partial charge in [0, 0.05) is 5.56 Å². The van der Waals surface area contributed by atoms with E-state index in [9.17, 15) is 13.9 Å². The smallest absolute Gasteiger partial charge is 0.200 e. The molecule has 4 heteroatoms. The first-order valence-electron chi connectivity index (χ1n) is 8.87. The van der Waals surface area contributed by atoms with Crippen LogP contribution in [0.5, 0.6) is 5.75 Å². The van der Waals surface area contributed by atoms with Crippen molar-refractivity contribution in [3.8, 4) is 5.75 Å². The average molecular weight is 326 g/mol. The van der Waals surface area contributed by atoms with Crippen LogP contribution in [-0.4, -0.2) is 11.7 Å². The number of aliphatic hydroxyl groups is 1. The first-order chi connectivity index (χ1) is 11.1. The quantitative estimate of drug-likeness (QED) is 0.727. The predicted octanol–water partition coefficient (Wildman–Crippen LogP) is 5.39. The summed E-state index contributed by atoms with van der Waals surface area (Å²) in [7, 11) is 0. The molecule has 1 N–H and O–H groups in total. The zero-order valence-corrected chi connectivity index (χ0v) is 14.2. The van der Waals surface area contributed by atoms with Gasteiger partial charge >= 0.3 is 0 Å². The molecule has 2 rings (SSSR count). The summed E-state index contributed by atoms with van der Waals surface area (Å²) in [5.41, 5.74) is 0.0605. The van der Waals surface area contributed by atoms with Crippen molar-refractivity contribution in [3.05, 3.63) is 29.3 Å². The van der Waals surface area contributed by atoms with Crippen LogP contribution in [0.3, 0.4) is 0 Å². The molecule has 0 spiro atoms. The molecule has 130 valence electrons. The maximum atomic E-state index is 14.3. The molecule has 0 aliphatic heterocycles. The van der Waals surface area contributed by atoms with Crippen LogP contribution in [0, 0.1) is 23.5 Å². The number of hydrogen-bond donors (Lipinski definition) is 1. The first kappa shape index (κ1) is 18.2. The van der Waals surface area contributed by atoms with Gasteiger partial charge < -0.3 is 9.84 Å². The second kappa shape index (κ2) is 8.62. The van der Waals surface area contributed by atoms with Gasteiger partial charge in [-0.1, -0.05) is 39.5 Å². The van der Waals surface area contributed by atoms with Crippen molar-refractivity contribution in [1.82, 2.24) is 0 Å². The maximum Gasteiger partial charge on any atom is 0.200 e. The fraction of sp³-hybridized carbons (Fsp3) is 0.684. The van der Waals surface area contributed by atoms with Crippen LogP contribution in [0.1, 0.15) is 70.5 Å². The monoisotopic (exact) mass is 326 g/mol. The lowest BCUT2D eigenvalue weighted by molar-refractivity contribution is 0.0686. The molecule has 0 radical (unpaired) electrons. The Morgan fingerprint density at radius 2 is 1.78 bits per heavy atom. The van der Waals surface area contributed by atoms with Crippen LogP contribution in [0.15, 0.2) is 12.1 Å². The molecule has 1 unspecified atom stereocenters. The number of rotatable bonds is 7. The van der Waals surface area contributed by atoms with Crippen LogP contribution < -0.4 is 4.74 Å². The minimum atomic E-state index is -0.991. The van der Waals surface area contributed by atoms with Crippen molar-refractivity contribution in [2.75, 3.05) is 6.61 Å². The minimum absolute atomic E-state index is 0.0133.